The molecule has 0 amide bonds. The average Bonchev–Trinajstić information content (AvgIpc) is 2.87. The molecule has 38 heavy (non-hydrogen) atoms. The van der Waals surface area contributed by atoms with Crippen LogP contribution in [0.5, 0.6) is 23.1 Å². The Morgan fingerprint density at radius 1 is 1.08 bits per heavy atom. The summed E-state index contributed by atoms with van der Waals surface area (Å²) in [7, 11) is -2.90. The van der Waals surface area contributed by atoms with Gasteiger partial charge in [-0.15, -0.1) is 0 Å². The van der Waals surface area contributed by atoms with Crippen LogP contribution in [0.25, 0.3) is 0 Å². The van der Waals surface area contributed by atoms with Crippen molar-refractivity contribution in [2.24, 2.45) is 0 Å². The predicted molar refractivity (Wildman–Crippen MR) is 133 cm³/mol. The van der Waals surface area contributed by atoms with Crippen LogP contribution in [0, 0.1) is 0 Å². The number of carbonyl (C=O) groups is 2. The Morgan fingerprint density at radius 2 is 1.82 bits per heavy atom. The average molecular weight is 547 g/mol. The lowest BCUT2D eigenvalue weighted by Crippen LogP contribution is -2.19. The maximum absolute atomic E-state index is 13.2. The quantitative estimate of drug-likeness (QED) is 0.251. The Morgan fingerprint density at radius 3 is 2.42 bits per heavy atom. The van der Waals surface area contributed by atoms with E-state index in [1.807, 2.05) is 13.8 Å². The number of hydrogen-bond acceptors (Lipinski definition) is 11. The summed E-state index contributed by atoms with van der Waals surface area (Å²) in [5, 5.41) is 9.20. The number of rotatable bonds is 12. The summed E-state index contributed by atoms with van der Waals surface area (Å²) >= 11 is 0. The number of anilines is 1. The lowest BCUT2D eigenvalue weighted by molar-refractivity contribution is -0.141. The summed E-state index contributed by atoms with van der Waals surface area (Å²) in [6.45, 7) is 4.65. The lowest BCUT2D eigenvalue weighted by atomic mass is 10.1. The third kappa shape index (κ3) is 7.29. The van der Waals surface area contributed by atoms with E-state index >= 15 is 0 Å². The van der Waals surface area contributed by atoms with Crippen molar-refractivity contribution in [1.29, 1.82) is 0 Å². The standard InChI is InChI=1S/C24H26N4O9S/c1-14(2)16-8-9-19(25-13-16)38(32,33)28-21-20(37-18-7-5-6-17(12-18)34-4)23(27-22(26-21)24(30)31)36-11-10-35-15(3)29/h5-9,12-14H,10-11H2,1-4H3,(H,30,31)(H,26,27,28). The first-order valence-corrected chi connectivity index (χ1v) is 12.7. The van der Waals surface area contributed by atoms with Crippen LogP contribution in [0.2, 0.25) is 0 Å². The van der Waals surface area contributed by atoms with Crippen molar-refractivity contribution in [1.82, 2.24) is 15.0 Å². The highest BCUT2D eigenvalue weighted by Gasteiger charge is 2.26. The number of sulfonamides is 1. The van der Waals surface area contributed by atoms with E-state index in [9.17, 15) is 23.1 Å². The minimum atomic E-state index is -4.35. The first kappa shape index (κ1) is 28.1. The van der Waals surface area contributed by atoms with Gasteiger partial charge in [-0.05, 0) is 29.7 Å². The van der Waals surface area contributed by atoms with Gasteiger partial charge in [-0.1, -0.05) is 26.0 Å². The van der Waals surface area contributed by atoms with E-state index in [4.69, 9.17) is 18.9 Å². The van der Waals surface area contributed by atoms with E-state index in [2.05, 4.69) is 19.7 Å². The molecule has 202 valence electrons. The van der Waals surface area contributed by atoms with Crippen LogP contribution in [0.1, 0.15) is 42.9 Å². The van der Waals surface area contributed by atoms with Gasteiger partial charge < -0.3 is 24.1 Å². The first-order valence-electron chi connectivity index (χ1n) is 11.2. The second-order valence-electron chi connectivity index (χ2n) is 7.99. The van der Waals surface area contributed by atoms with Crippen molar-refractivity contribution in [3.05, 3.63) is 54.0 Å². The summed E-state index contributed by atoms with van der Waals surface area (Å²) in [5.74, 6) is -3.41. The molecule has 0 aliphatic heterocycles. The molecule has 0 aliphatic rings. The number of methoxy groups -OCH3 is 1. The number of aromatic nitrogens is 3. The van der Waals surface area contributed by atoms with Gasteiger partial charge in [0.15, 0.2) is 10.8 Å². The molecule has 0 spiro atoms. The third-order valence-corrected chi connectivity index (χ3v) is 6.10. The van der Waals surface area contributed by atoms with Gasteiger partial charge in [0.1, 0.15) is 24.7 Å². The zero-order chi connectivity index (χ0) is 27.9. The van der Waals surface area contributed by atoms with Gasteiger partial charge in [-0.2, -0.15) is 18.4 Å². The highest BCUT2D eigenvalue weighted by Crippen LogP contribution is 2.38. The molecule has 0 fully saturated rings. The molecule has 0 saturated carbocycles. The number of carboxylic acids is 1. The monoisotopic (exact) mass is 546 g/mol. The normalized spacial score (nSPS) is 11.1. The molecule has 2 aromatic heterocycles. The first-order chi connectivity index (χ1) is 18.0. The maximum Gasteiger partial charge on any atom is 0.374 e. The van der Waals surface area contributed by atoms with Gasteiger partial charge in [-0.25, -0.2) is 9.78 Å². The van der Waals surface area contributed by atoms with Crippen LogP contribution < -0.4 is 18.9 Å². The Bertz CT molecular complexity index is 1410. The fraction of sp³-hybridized carbons (Fsp3) is 0.292. The van der Waals surface area contributed by atoms with Crippen LogP contribution in [-0.2, 0) is 19.6 Å². The van der Waals surface area contributed by atoms with Crippen molar-refractivity contribution >= 4 is 27.8 Å². The van der Waals surface area contributed by atoms with Crippen LogP contribution in [0.3, 0.4) is 0 Å². The molecule has 3 rings (SSSR count). The van der Waals surface area contributed by atoms with Crippen LogP contribution >= 0.6 is 0 Å². The summed E-state index contributed by atoms with van der Waals surface area (Å²) in [6.07, 6.45) is 1.43. The van der Waals surface area contributed by atoms with Gasteiger partial charge in [0.05, 0.1) is 7.11 Å². The van der Waals surface area contributed by atoms with Gasteiger partial charge in [0, 0.05) is 19.2 Å². The van der Waals surface area contributed by atoms with E-state index in [1.54, 1.807) is 24.3 Å². The second-order valence-corrected chi connectivity index (χ2v) is 9.62. The predicted octanol–water partition coefficient (Wildman–Crippen LogP) is 3.24. The summed E-state index contributed by atoms with van der Waals surface area (Å²) in [4.78, 5) is 34.5. The highest BCUT2D eigenvalue weighted by atomic mass is 32.2. The number of nitrogens with one attached hydrogen (secondary N) is 1. The maximum atomic E-state index is 13.2. The van der Waals surface area contributed by atoms with Crippen LogP contribution in [-0.4, -0.2) is 60.7 Å². The molecule has 0 saturated heterocycles. The third-order valence-electron chi connectivity index (χ3n) is 4.85. The van der Waals surface area contributed by atoms with E-state index in [0.29, 0.717) is 5.75 Å². The fourth-order valence-electron chi connectivity index (χ4n) is 2.96. The Hall–Kier alpha value is -4.46. The van der Waals surface area contributed by atoms with E-state index in [-0.39, 0.29) is 35.7 Å². The van der Waals surface area contributed by atoms with Crippen LogP contribution in [0.4, 0.5) is 5.82 Å². The molecule has 3 aromatic rings. The molecule has 2 N–H and O–H groups in total. The number of nitrogens with zero attached hydrogens (tertiary/aromatic N) is 3. The van der Waals surface area contributed by atoms with E-state index in [1.165, 1.54) is 32.4 Å². The number of benzene rings is 1. The number of pyridine rings is 1. The number of esters is 1. The smallest absolute Gasteiger partial charge is 0.374 e. The summed E-state index contributed by atoms with van der Waals surface area (Å²) in [6, 6.07) is 9.25. The van der Waals surface area contributed by atoms with Crippen molar-refractivity contribution in [3.8, 4) is 23.1 Å². The molecular weight excluding hydrogens is 520 g/mol. The number of hydrogen-bond donors (Lipinski definition) is 2. The van der Waals surface area contributed by atoms with Crippen LogP contribution in [0.15, 0.2) is 47.6 Å². The molecule has 0 radical (unpaired) electrons. The molecule has 2 heterocycles. The largest absolute Gasteiger partial charge is 0.497 e. The van der Waals surface area contributed by atoms with Gasteiger partial charge >= 0.3 is 11.9 Å². The molecule has 0 aliphatic carbocycles. The minimum Gasteiger partial charge on any atom is -0.497 e. The number of ether oxygens (including phenoxy) is 4. The highest BCUT2D eigenvalue weighted by molar-refractivity contribution is 7.92. The molecule has 0 atom stereocenters. The Kier molecular flexibility index (Phi) is 9.02. The van der Waals surface area contributed by atoms with Gasteiger partial charge in [0.2, 0.25) is 11.6 Å². The van der Waals surface area contributed by atoms with Crippen molar-refractivity contribution in [2.45, 2.75) is 31.7 Å². The SMILES string of the molecule is COc1cccc(Oc2c(NS(=O)(=O)c3ccc(C(C)C)cn3)nc(C(=O)O)nc2OCCOC(C)=O)c1. The lowest BCUT2D eigenvalue weighted by Gasteiger charge is -2.17. The number of carbonyl (C=O) groups excluding carboxylic acids is 1. The molecular formula is C24H26N4O9S. The molecule has 13 nitrogen and oxygen atoms in total. The van der Waals surface area contributed by atoms with Gasteiger partial charge in [-0.3, -0.25) is 9.52 Å². The fourth-order valence-corrected chi connectivity index (χ4v) is 3.90. The topological polar surface area (TPSA) is 176 Å². The van der Waals surface area contributed by atoms with Crippen molar-refractivity contribution in [2.75, 3.05) is 25.0 Å². The zero-order valence-electron chi connectivity index (χ0n) is 21.0. The van der Waals surface area contributed by atoms with E-state index < -0.39 is 39.5 Å². The van der Waals surface area contributed by atoms with Crippen molar-refractivity contribution in [3.63, 3.8) is 0 Å². The minimum absolute atomic E-state index is 0.127. The van der Waals surface area contributed by atoms with Crippen molar-refractivity contribution < 1.29 is 42.1 Å². The Balaban J connectivity index is 2.07. The summed E-state index contributed by atoms with van der Waals surface area (Å²) in [5.41, 5.74) is 0.824. The second kappa shape index (κ2) is 12.2. The summed E-state index contributed by atoms with van der Waals surface area (Å²) < 4.78 is 49.9. The molecule has 0 bridgehead atoms. The molecule has 14 heteroatoms. The zero-order valence-corrected chi connectivity index (χ0v) is 21.8. The Labute approximate surface area is 218 Å². The molecule has 0 unspecified atom stereocenters. The van der Waals surface area contributed by atoms with Gasteiger partial charge in [0.25, 0.3) is 15.9 Å². The number of aromatic carboxylic acids is 1. The van der Waals surface area contributed by atoms with E-state index in [0.717, 1.165) is 5.56 Å². The number of carboxylic acid groups (broad SMARTS) is 1. The molecule has 1 aromatic carbocycles.